The lowest BCUT2D eigenvalue weighted by Gasteiger charge is -2.28. The van der Waals surface area contributed by atoms with Gasteiger partial charge in [0.05, 0.1) is 11.6 Å². The maximum atomic E-state index is 13.5. The number of hydrogen-bond acceptors (Lipinski definition) is 5. The van der Waals surface area contributed by atoms with Crippen LogP contribution in [0.2, 0.25) is 0 Å². The van der Waals surface area contributed by atoms with Crippen LogP contribution in [0.5, 0.6) is 0 Å². The predicted octanol–water partition coefficient (Wildman–Crippen LogP) is 4.19. The van der Waals surface area contributed by atoms with Crippen molar-refractivity contribution in [1.82, 2.24) is 9.80 Å². The van der Waals surface area contributed by atoms with Gasteiger partial charge < -0.3 is 19.3 Å². The number of Topliss-reactive ketones (excluding diaryl/α,β-unsaturated/α-hetero) is 1. The molecule has 1 aromatic heterocycles. The minimum absolute atomic E-state index is 0.0587. The zero-order chi connectivity index (χ0) is 22.3. The van der Waals surface area contributed by atoms with Gasteiger partial charge in [0.15, 0.2) is 11.5 Å². The van der Waals surface area contributed by atoms with E-state index in [-0.39, 0.29) is 11.3 Å². The van der Waals surface area contributed by atoms with Crippen LogP contribution >= 0.6 is 0 Å². The molecule has 2 aromatic carbocycles. The van der Waals surface area contributed by atoms with Crippen molar-refractivity contribution in [3.05, 3.63) is 82.3 Å². The number of amides is 1. The fraction of sp³-hybridized carbons (Fsp3) is 0.280. The number of aliphatic hydroxyl groups is 1. The van der Waals surface area contributed by atoms with Gasteiger partial charge in [-0.2, -0.15) is 0 Å². The largest absolute Gasteiger partial charge is 0.503 e. The van der Waals surface area contributed by atoms with Gasteiger partial charge in [-0.15, -0.1) is 0 Å². The Morgan fingerprint density at radius 2 is 1.74 bits per heavy atom. The molecule has 160 valence electrons. The highest BCUT2D eigenvalue weighted by Crippen LogP contribution is 2.39. The minimum atomic E-state index is -0.671. The Hall–Kier alpha value is -3.38. The van der Waals surface area contributed by atoms with Gasteiger partial charge in [-0.3, -0.25) is 9.59 Å². The van der Waals surface area contributed by atoms with Crippen LogP contribution in [0.4, 0.5) is 0 Å². The molecule has 0 bridgehead atoms. The van der Waals surface area contributed by atoms with E-state index in [0.29, 0.717) is 18.7 Å². The zero-order valence-corrected chi connectivity index (χ0v) is 18.2. The molecule has 1 N–H and O–H groups in total. The molecule has 1 aliphatic rings. The molecule has 2 heterocycles. The molecule has 4 rings (SSSR count). The number of aliphatic hydroxyl groups excluding tert-OH is 1. The Balaban J connectivity index is 1.78. The normalized spacial score (nSPS) is 16.7. The van der Waals surface area contributed by atoms with Crippen LogP contribution in [0.1, 0.15) is 33.3 Å². The lowest BCUT2D eigenvalue weighted by Crippen LogP contribution is -2.36. The van der Waals surface area contributed by atoms with Gasteiger partial charge in [-0.25, -0.2) is 0 Å². The molecule has 0 saturated heterocycles. The highest BCUT2D eigenvalue weighted by molar-refractivity contribution is 6.16. The maximum absolute atomic E-state index is 13.5. The van der Waals surface area contributed by atoms with Crippen molar-refractivity contribution in [2.24, 2.45) is 0 Å². The molecule has 3 aromatic rings. The van der Waals surface area contributed by atoms with Crippen LogP contribution in [0, 0.1) is 13.8 Å². The monoisotopic (exact) mass is 418 g/mol. The van der Waals surface area contributed by atoms with E-state index in [9.17, 15) is 14.7 Å². The first kappa shape index (κ1) is 20.9. The number of nitrogens with zero attached hydrogens (tertiary/aromatic N) is 2. The second kappa shape index (κ2) is 8.04. The first-order chi connectivity index (χ1) is 14.8. The third kappa shape index (κ3) is 3.86. The zero-order valence-electron chi connectivity index (χ0n) is 18.2. The van der Waals surface area contributed by atoms with Crippen LogP contribution in [0.15, 0.2) is 64.3 Å². The highest BCUT2D eigenvalue weighted by atomic mass is 16.3. The predicted molar refractivity (Wildman–Crippen MR) is 119 cm³/mol. The summed E-state index contributed by atoms with van der Waals surface area (Å²) in [7, 11) is 3.83. The Morgan fingerprint density at radius 1 is 1.06 bits per heavy atom. The number of hydrogen-bond donors (Lipinski definition) is 1. The Bertz CT molecular complexity index is 1190. The highest BCUT2D eigenvalue weighted by Gasteiger charge is 2.44. The summed E-state index contributed by atoms with van der Waals surface area (Å²) in [6, 6.07) is 14.3. The van der Waals surface area contributed by atoms with E-state index in [2.05, 4.69) is 0 Å². The third-order valence-electron chi connectivity index (χ3n) is 5.63. The van der Waals surface area contributed by atoms with Crippen LogP contribution in [0.3, 0.4) is 0 Å². The van der Waals surface area contributed by atoms with Gasteiger partial charge >= 0.3 is 0 Å². The van der Waals surface area contributed by atoms with Crippen molar-refractivity contribution < 1.29 is 19.1 Å². The summed E-state index contributed by atoms with van der Waals surface area (Å²) < 4.78 is 5.78. The number of fused-ring (bicyclic) bond motifs is 1. The molecule has 1 atom stereocenters. The van der Waals surface area contributed by atoms with Crippen LogP contribution in [0.25, 0.3) is 11.0 Å². The van der Waals surface area contributed by atoms with Crippen LogP contribution in [-0.4, -0.2) is 53.8 Å². The summed E-state index contributed by atoms with van der Waals surface area (Å²) in [4.78, 5) is 30.0. The minimum Gasteiger partial charge on any atom is -0.503 e. The van der Waals surface area contributed by atoms with Crippen molar-refractivity contribution in [3.8, 4) is 0 Å². The maximum Gasteiger partial charge on any atom is 0.290 e. The first-order valence-corrected chi connectivity index (χ1v) is 10.3. The molecule has 1 amide bonds. The molecule has 0 spiro atoms. The van der Waals surface area contributed by atoms with Gasteiger partial charge in [-0.05, 0) is 51.7 Å². The van der Waals surface area contributed by atoms with Gasteiger partial charge in [-0.1, -0.05) is 41.5 Å². The summed E-state index contributed by atoms with van der Waals surface area (Å²) in [5.41, 5.74) is 3.55. The van der Waals surface area contributed by atoms with E-state index >= 15 is 0 Å². The molecule has 0 aliphatic carbocycles. The number of aryl methyl sites for hydroxylation is 2. The second-order valence-electron chi connectivity index (χ2n) is 8.36. The van der Waals surface area contributed by atoms with Crippen LogP contribution in [-0.2, 0) is 4.79 Å². The molecular formula is C25H26N2O4. The lowest BCUT2D eigenvalue weighted by atomic mass is 9.94. The molecule has 6 nitrogen and oxygen atoms in total. The Kier molecular flexibility index (Phi) is 5.41. The fourth-order valence-electron chi connectivity index (χ4n) is 3.93. The number of ketones is 1. The number of rotatable bonds is 6. The third-order valence-corrected chi connectivity index (χ3v) is 5.63. The fourth-order valence-corrected chi connectivity index (χ4v) is 3.93. The van der Waals surface area contributed by atoms with E-state index < -0.39 is 23.5 Å². The Morgan fingerprint density at radius 3 is 2.42 bits per heavy atom. The number of likely N-dealkylation sites (N-methyl/N-ethyl adjacent to an activating group) is 1. The van der Waals surface area contributed by atoms with Crippen molar-refractivity contribution in [3.63, 3.8) is 0 Å². The molecule has 0 saturated carbocycles. The smallest absolute Gasteiger partial charge is 0.290 e. The van der Waals surface area contributed by atoms with Crippen molar-refractivity contribution >= 4 is 22.7 Å². The van der Waals surface area contributed by atoms with E-state index in [1.165, 1.54) is 0 Å². The summed E-state index contributed by atoms with van der Waals surface area (Å²) in [6.45, 7) is 4.93. The number of benzene rings is 2. The van der Waals surface area contributed by atoms with Gasteiger partial charge in [0.2, 0.25) is 5.78 Å². The molecule has 1 unspecified atom stereocenters. The first-order valence-electron chi connectivity index (χ1n) is 10.3. The SMILES string of the molecule is Cc1ccc(C2C(C(=O)c3cc4cc(C)ccc4o3)=C(O)C(=O)N2CCN(C)C)cc1. The molecule has 0 fully saturated rings. The second-order valence-corrected chi connectivity index (χ2v) is 8.36. The lowest BCUT2D eigenvalue weighted by molar-refractivity contribution is -0.129. The molecule has 0 radical (unpaired) electrons. The van der Waals surface area contributed by atoms with E-state index in [1.807, 2.05) is 75.3 Å². The average Bonchev–Trinajstić information content (AvgIpc) is 3.25. The van der Waals surface area contributed by atoms with E-state index in [1.54, 1.807) is 11.0 Å². The van der Waals surface area contributed by atoms with Gasteiger partial charge in [0.25, 0.3) is 5.91 Å². The van der Waals surface area contributed by atoms with Crippen molar-refractivity contribution in [2.45, 2.75) is 19.9 Å². The standard InChI is InChI=1S/C25H26N2O4/c1-15-5-8-17(9-6-15)22-21(24(29)25(30)27(22)12-11-26(3)4)23(28)20-14-18-13-16(2)7-10-19(18)31-20/h5-10,13-14,22,29H,11-12H2,1-4H3. The molecule has 1 aliphatic heterocycles. The molecule has 6 heteroatoms. The molecule has 31 heavy (non-hydrogen) atoms. The topological polar surface area (TPSA) is 74.0 Å². The number of carbonyl (C=O) groups is 2. The Labute approximate surface area is 181 Å². The van der Waals surface area contributed by atoms with Crippen molar-refractivity contribution in [2.75, 3.05) is 27.2 Å². The summed E-state index contributed by atoms with van der Waals surface area (Å²) in [5, 5.41) is 11.6. The number of carbonyl (C=O) groups excluding carboxylic acids is 2. The summed E-state index contributed by atoms with van der Waals surface area (Å²) >= 11 is 0. The summed E-state index contributed by atoms with van der Waals surface area (Å²) in [5.74, 6) is -1.41. The van der Waals surface area contributed by atoms with Crippen molar-refractivity contribution in [1.29, 1.82) is 0 Å². The average molecular weight is 418 g/mol. The van der Waals surface area contributed by atoms with E-state index in [4.69, 9.17) is 4.42 Å². The quantitative estimate of drug-likeness (QED) is 0.608. The van der Waals surface area contributed by atoms with E-state index in [0.717, 1.165) is 22.1 Å². The van der Waals surface area contributed by atoms with Gasteiger partial charge in [0, 0.05) is 18.5 Å². The number of furan rings is 1. The summed E-state index contributed by atoms with van der Waals surface area (Å²) in [6.07, 6.45) is 0. The van der Waals surface area contributed by atoms with Gasteiger partial charge in [0.1, 0.15) is 5.58 Å². The molecular weight excluding hydrogens is 392 g/mol. The van der Waals surface area contributed by atoms with Crippen LogP contribution < -0.4 is 0 Å².